The van der Waals surface area contributed by atoms with Crippen molar-refractivity contribution in [3.05, 3.63) is 59.5 Å². The van der Waals surface area contributed by atoms with Crippen molar-refractivity contribution in [1.82, 2.24) is 20.1 Å². The van der Waals surface area contributed by atoms with Crippen LogP contribution in [0.3, 0.4) is 0 Å². The van der Waals surface area contributed by atoms with Crippen molar-refractivity contribution in [3.63, 3.8) is 0 Å². The van der Waals surface area contributed by atoms with E-state index in [0.717, 1.165) is 11.6 Å². The quantitative estimate of drug-likeness (QED) is 0.332. The smallest absolute Gasteiger partial charge is 0.322 e. The van der Waals surface area contributed by atoms with Gasteiger partial charge in [-0.05, 0) is 24.3 Å². The van der Waals surface area contributed by atoms with Gasteiger partial charge in [0.15, 0.2) is 9.84 Å². The van der Waals surface area contributed by atoms with E-state index in [1.165, 1.54) is 21.9 Å². The molecule has 1 saturated heterocycles. The molecule has 2 aromatic carbocycles. The molecule has 3 aromatic rings. The average Bonchev–Trinajstić information content (AvgIpc) is 3.18. The van der Waals surface area contributed by atoms with Crippen molar-refractivity contribution in [2.45, 2.75) is 6.54 Å². The van der Waals surface area contributed by atoms with Gasteiger partial charge in [-0.25, -0.2) is 23.4 Å². The number of nitrogens with two attached hydrogens (primary N) is 1. The summed E-state index contributed by atoms with van der Waals surface area (Å²) in [6.07, 6.45) is 1.62. The largest absolute Gasteiger partial charge is 0.324 e. The number of urea groups is 1. The first kappa shape index (κ1) is 22.7. The minimum atomic E-state index is -3.19. The molecular formula is C21H23FN6O4S. The molecule has 3 amide bonds. The number of nitrogens with zero attached hydrogens (tertiary/aromatic N) is 4. The number of halogens is 1. The van der Waals surface area contributed by atoms with E-state index in [0.29, 0.717) is 11.1 Å². The summed E-state index contributed by atoms with van der Waals surface area (Å²) in [6.45, 7) is -0.0238. The second kappa shape index (κ2) is 8.79. The number of sulfone groups is 1. The molecule has 174 valence electrons. The highest BCUT2D eigenvalue weighted by molar-refractivity contribution is 7.91. The van der Waals surface area contributed by atoms with Gasteiger partial charge in [-0.15, -0.1) is 0 Å². The van der Waals surface area contributed by atoms with E-state index in [-0.39, 0.29) is 42.3 Å². The van der Waals surface area contributed by atoms with Crippen LogP contribution in [-0.4, -0.2) is 59.6 Å². The molecule has 1 aliphatic heterocycles. The van der Waals surface area contributed by atoms with Gasteiger partial charge in [-0.3, -0.25) is 19.8 Å². The molecule has 1 fully saturated rings. The second-order valence-electron chi connectivity index (χ2n) is 7.77. The fourth-order valence-corrected chi connectivity index (χ4v) is 5.00. The number of aromatic nitrogens is 2. The van der Waals surface area contributed by atoms with Crippen LogP contribution in [0.5, 0.6) is 0 Å². The molecule has 0 bridgehead atoms. The minimum Gasteiger partial charge on any atom is -0.322 e. The molecule has 0 radical (unpaired) electrons. The first-order valence-corrected chi connectivity index (χ1v) is 12.0. The summed E-state index contributed by atoms with van der Waals surface area (Å²) in [7, 11) is -1.41. The molecule has 1 aliphatic rings. The van der Waals surface area contributed by atoms with Crippen LogP contribution in [0.2, 0.25) is 0 Å². The van der Waals surface area contributed by atoms with Gasteiger partial charge in [-0.1, -0.05) is 12.1 Å². The molecule has 0 unspecified atom stereocenters. The van der Waals surface area contributed by atoms with Gasteiger partial charge in [0.1, 0.15) is 5.82 Å². The summed E-state index contributed by atoms with van der Waals surface area (Å²) in [5.74, 6) is 3.56. The number of benzene rings is 2. The average molecular weight is 475 g/mol. The number of amides is 3. The lowest BCUT2D eigenvalue weighted by atomic mass is 10.1. The molecule has 2 heterocycles. The highest BCUT2D eigenvalue weighted by Crippen LogP contribution is 2.29. The third-order valence-corrected chi connectivity index (χ3v) is 7.29. The Kier molecular flexibility index (Phi) is 6.04. The van der Waals surface area contributed by atoms with Crippen LogP contribution >= 0.6 is 0 Å². The number of nitrogen functional groups attached to an aromatic ring is 1. The van der Waals surface area contributed by atoms with Crippen molar-refractivity contribution >= 4 is 38.4 Å². The van der Waals surface area contributed by atoms with E-state index in [9.17, 15) is 22.4 Å². The van der Waals surface area contributed by atoms with Gasteiger partial charge in [0, 0.05) is 36.7 Å². The number of hydrogen-bond acceptors (Lipinski definition) is 6. The molecule has 1 aromatic heterocycles. The summed E-state index contributed by atoms with van der Waals surface area (Å²) in [5, 5.41) is 4.94. The first-order chi connectivity index (χ1) is 15.7. The van der Waals surface area contributed by atoms with Crippen molar-refractivity contribution < 1.29 is 22.4 Å². The number of carbonyl (C=O) groups is 2. The van der Waals surface area contributed by atoms with Crippen LogP contribution in [0.4, 0.5) is 14.9 Å². The van der Waals surface area contributed by atoms with E-state index < -0.39 is 27.6 Å². The van der Waals surface area contributed by atoms with Crippen LogP contribution in [0.1, 0.15) is 15.9 Å². The molecule has 0 spiro atoms. The van der Waals surface area contributed by atoms with E-state index in [1.807, 2.05) is 11.5 Å². The summed E-state index contributed by atoms with van der Waals surface area (Å²) in [5.41, 5.74) is 3.48. The lowest BCUT2D eigenvalue weighted by Gasteiger charge is -2.33. The molecule has 12 heteroatoms. The molecule has 10 nitrogen and oxygen atoms in total. The maximum Gasteiger partial charge on any atom is 0.324 e. The zero-order valence-corrected chi connectivity index (χ0v) is 18.7. The van der Waals surface area contributed by atoms with E-state index in [2.05, 4.69) is 5.10 Å². The fourth-order valence-electron chi connectivity index (χ4n) is 3.80. The maximum atomic E-state index is 14.9. The monoisotopic (exact) mass is 474 g/mol. The van der Waals surface area contributed by atoms with Crippen molar-refractivity contribution in [2.24, 2.45) is 12.9 Å². The number of rotatable bonds is 4. The van der Waals surface area contributed by atoms with Crippen molar-refractivity contribution in [3.8, 4) is 0 Å². The summed E-state index contributed by atoms with van der Waals surface area (Å²) in [6, 6.07) is 8.80. The second-order valence-corrected chi connectivity index (χ2v) is 10.1. The molecule has 33 heavy (non-hydrogen) atoms. The number of hydrogen-bond donors (Lipinski definition) is 2. The van der Waals surface area contributed by atoms with Gasteiger partial charge >= 0.3 is 6.03 Å². The van der Waals surface area contributed by atoms with Crippen LogP contribution in [0.15, 0.2) is 42.6 Å². The molecule has 0 aliphatic carbocycles. The summed E-state index contributed by atoms with van der Waals surface area (Å²) < 4.78 is 40.2. The molecule has 4 rings (SSSR count). The number of hydrazine groups is 1. The zero-order chi connectivity index (χ0) is 23.8. The Labute approximate surface area is 189 Å². The summed E-state index contributed by atoms with van der Waals surface area (Å²) >= 11 is 0. The Hall–Kier alpha value is -3.51. The lowest BCUT2D eigenvalue weighted by molar-refractivity contribution is 0.0953. The standard InChI is InChI=1S/C21H23FN6O4S/c1-26-18-3-2-4-19(16(18)12-24-26)28(21(30)27-7-9-33(31,32)10-8-27)13-15-6-5-14(11-17(15)22)20(29)25-23/h2-6,11-12H,7-10,13,23H2,1H3,(H,25,29). The molecule has 3 N–H and O–H groups in total. The predicted molar refractivity (Wildman–Crippen MR) is 121 cm³/mol. The number of anilines is 1. The highest BCUT2D eigenvalue weighted by atomic mass is 32.2. The summed E-state index contributed by atoms with van der Waals surface area (Å²) in [4.78, 5) is 28.1. The van der Waals surface area contributed by atoms with Crippen LogP contribution < -0.4 is 16.2 Å². The third kappa shape index (κ3) is 4.52. The van der Waals surface area contributed by atoms with Gasteiger partial charge in [-0.2, -0.15) is 5.10 Å². The van der Waals surface area contributed by atoms with Crippen molar-refractivity contribution in [1.29, 1.82) is 0 Å². The van der Waals surface area contributed by atoms with Crippen LogP contribution in [0.25, 0.3) is 10.9 Å². The van der Waals surface area contributed by atoms with E-state index in [1.54, 1.807) is 30.1 Å². The number of carbonyl (C=O) groups excluding carboxylic acids is 2. The van der Waals surface area contributed by atoms with Gasteiger partial charge in [0.05, 0.1) is 35.5 Å². The Morgan fingerprint density at radius 3 is 2.61 bits per heavy atom. The fraction of sp³-hybridized carbons (Fsp3) is 0.286. The number of fused-ring (bicyclic) bond motifs is 1. The number of nitrogens with one attached hydrogen (secondary N) is 1. The van der Waals surface area contributed by atoms with Crippen LogP contribution in [-0.2, 0) is 23.4 Å². The Balaban J connectivity index is 1.73. The van der Waals surface area contributed by atoms with E-state index in [4.69, 9.17) is 5.84 Å². The third-order valence-electron chi connectivity index (χ3n) is 5.68. The van der Waals surface area contributed by atoms with Crippen LogP contribution in [0, 0.1) is 5.82 Å². The Morgan fingerprint density at radius 2 is 1.94 bits per heavy atom. The minimum absolute atomic E-state index is 0.0484. The Bertz CT molecular complexity index is 1330. The normalized spacial score (nSPS) is 15.4. The molecule has 0 atom stereocenters. The maximum absolute atomic E-state index is 14.9. The van der Waals surface area contributed by atoms with Gasteiger partial charge in [0.25, 0.3) is 5.91 Å². The Morgan fingerprint density at radius 1 is 1.21 bits per heavy atom. The van der Waals surface area contributed by atoms with E-state index >= 15 is 0 Å². The first-order valence-electron chi connectivity index (χ1n) is 10.2. The topological polar surface area (TPSA) is 131 Å². The lowest BCUT2D eigenvalue weighted by Crippen LogP contribution is -2.49. The number of aryl methyl sites for hydroxylation is 1. The van der Waals surface area contributed by atoms with Crippen molar-refractivity contribution in [2.75, 3.05) is 29.5 Å². The highest BCUT2D eigenvalue weighted by Gasteiger charge is 2.30. The zero-order valence-electron chi connectivity index (χ0n) is 17.9. The molecule has 0 saturated carbocycles. The molecular weight excluding hydrogens is 451 g/mol. The SMILES string of the molecule is Cn1ncc2c(N(Cc3ccc(C(=O)NN)cc3F)C(=O)N3CCS(=O)(=O)CC3)cccc21. The van der Waals surface area contributed by atoms with Gasteiger partial charge < -0.3 is 4.90 Å². The predicted octanol–water partition coefficient (Wildman–Crippen LogP) is 1.17. The van der Waals surface area contributed by atoms with Gasteiger partial charge in [0.2, 0.25) is 0 Å².